The predicted molar refractivity (Wildman–Crippen MR) is 74.3 cm³/mol. The van der Waals surface area contributed by atoms with Crippen molar-refractivity contribution in [2.24, 2.45) is 0 Å². The molecule has 1 aromatic heterocycles. The van der Waals surface area contributed by atoms with Crippen LogP contribution in [0.25, 0.3) is 0 Å². The van der Waals surface area contributed by atoms with Crippen molar-refractivity contribution in [2.75, 3.05) is 18.4 Å². The number of hydrogen-bond donors (Lipinski definition) is 3. The molecule has 0 saturated carbocycles. The molecule has 0 bridgehead atoms. The molecule has 0 unspecified atom stereocenters. The van der Waals surface area contributed by atoms with E-state index >= 15 is 0 Å². The Labute approximate surface area is 116 Å². The van der Waals surface area contributed by atoms with E-state index in [1.807, 2.05) is 20.8 Å². The summed E-state index contributed by atoms with van der Waals surface area (Å²) in [5.74, 6) is -0.389. The zero-order valence-electron chi connectivity index (χ0n) is 11.3. The molecule has 19 heavy (non-hydrogen) atoms. The van der Waals surface area contributed by atoms with Gasteiger partial charge in [0, 0.05) is 25.6 Å². The van der Waals surface area contributed by atoms with Gasteiger partial charge in [-0.05, 0) is 20.8 Å². The van der Waals surface area contributed by atoms with Crippen molar-refractivity contribution < 1.29 is 9.59 Å². The highest BCUT2D eigenvalue weighted by Gasteiger charge is 2.12. The molecule has 0 spiro atoms. The standard InChI is InChI=1S/C11H19N5O2S/c1-4-12-11-16-15-10(19-11)9(18)13-6-5-8(17)14-7(2)3/h7H,4-6H2,1-3H3,(H,12,16)(H,13,18)(H,14,17). The van der Waals surface area contributed by atoms with Crippen LogP contribution in [0.4, 0.5) is 5.13 Å². The maximum atomic E-state index is 11.7. The number of anilines is 1. The quantitative estimate of drug-likeness (QED) is 0.682. The molecule has 0 aromatic carbocycles. The highest BCUT2D eigenvalue weighted by molar-refractivity contribution is 7.17. The van der Waals surface area contributed by atoms with E-state index in [1.54, 1.807) is 0 Å². The molecule has 0 radical (unpaired) electrons. The molecule has 106 valence electrons. The second kappa shape index (κ2) is 7.67. The van der Waals surface area contributed by atoms with E-state index in [4.69, 9.17) is 0 Å². The van der Waals surface area contributed by atoms with Gasteiger partial charge in [0.1, 0.15) is 0 Å². The number of hydrogen-bond acceptors (Lipinski definition) is 6. The molecule has 1 aromatic rings. The summed E-state index contributed by atoms with van der Waals surface area (Å²) < 4.78 is 0. The van der Waals surface area contributed by atoms with Crippen LogP contribution < -0.4 is 16.0 Å². The molecule has 1 rings (SSSR count). The fourth-order valence-corrected chi connectivity index (χ4v) is 2.02. The van der Waals surface area contributed by atoms with Crippen LogP contribution in [0, 0.1) is 0 Å². The SMILES string of the molecule is CCNc1nnc(C(=O)NCCC(=O)NC(C)C)s1. The molecule has 2 amide bonds. The second-order valence-corrected chi connectivity index (χ2v) is 5.15. The van der Waals surface area contributed by atoms with E-state index in [1.165, 1.54) is 11.3 Å². The Kier molecular flexibility index (Phi) is 6.20. The molecule has 3 N–H and O–H groups in total. The van der Waals surface area contributed by atoms with E-state index in [9.17, 15) is 9.59 Å². The first-order chi connectivity index (χ1) is 9.02. The Morgan fingerprint density at radius 1 is 1.32 bits per heavy atom. The average Bonchev–Trinajstić information content (AvgIpc) is 2.77. The largest absolute Gasteiger partial charge is 0.360 e. The van der Waals surface area contributed by atoms with E-state index in [0.29, 0.717) is 10.1 Å². The predicted octanol–water partition coefficient (Wildman–Crippen LogP) is 0.614. The van der Waals surface area contributed by atoms with Crippen molar-refractivity contribution >= 4 is 28.3 Å². The third-order valence-corrected chi connectivity index (χ3v) is 2.91. The Morgan fingerprint density at radius 2 is 2.05 bits per heavy atom. The van der Waals surface area contributed by atoms with E-state index < -0.39 is 0 Å². The molecule has 0 aliphatic heterocycles. The third-order valence-electron chi connectivity index (χ3n) is 2.03. The lowest BCUT2D eigenvalue weighted by atomic mass is 10.3. The zero-order valence-corrected chi connectivity index (χ0v) is 12.1. The van der Waals surface area contributed by atoms with Crippen molar-refractivity contribution in [3.8, 4) is 0 Å². The van der Waals surface area contributed by atoms with Gasteiger partial charge in [0.05, 0.1) is 0 Å². The molecule has 0 saturated heterocycles. The van der Waals surface area contributed by atoms with Gasteiger partial charge in [-0.3, -0.25) is 9.59 Å². The van der Waals surface area contributed by atoms with Crippen molar-refractivity contribution in [3.63, 3.8) is 0 Å². The topological polar surface area (TPSA) is 96.0 Å². The van der Waals surface area contributed by atoms with Gasteiger partial charge in [-0.15, -0.1) is 10.2 Å². The Balaban J connectivity index is 2.32. The van der Waals surface area contributed by atoms with Crippen LogP contribution in [0.3, 0.4) is 0 Å². The molecular formula is C11H19N5O2S. The van der Waals surface area contributed by atoms with Crippen LogP contribution in [0.15, 0.2) is 0 Å². The summed E-state index contributed by atoms with van der Waals surface area (Å²) in [6, 6.07) is 0.106. The van der Waals surface area contributed by atoms with Gasteiger partial charge in [-0.2, -0.15) is 0 Å². The first-order valence-electron chi connectivity index (χ1n) is 6.17. The summed E-state index contributed by atoms with van der Waals surface area (Å²) in [6.45, 7) is 6.73. The van der Waals surface area contributed by atoms with Crippen LogP contribution in [-0.4, -0.2) is 41.1 Å². The number of amides is 2. The normalized spacial score (nSPS) is 10.3. The lowest BCUT2D eigenvalue weighted by Crippen LogP contribution is -2.34. The first-order valence-corrected chi connectivity index (χ1v) is 6.99. The van der Waals surface area contributed by atoms with Gasteiger partial charge in [0.25, 0.3) is 5.91 Å². The molecular weight excluding hydrogens is 266 g/mol. The van der Waals surface area contributed by atoms with E-state index in [2.05, 4.69) is 26.1 Å². The molecule has 8 heteroatoms. The zero-order chi connectivity index (χ0) is 14.3. The number of rotatable bonds is 7. The van der Waals surface area contributed by atoms with Crippen molar-refractivity contribution in [1.82, 2.24) is 20.8 Å². The Bertz CT molecular complexity index is 432. The highest BCUT2D eigenvalue weighted by atomic mass is 32.1. The van der Waals surface area contributed by atoms with E-state index in [0.717, 1.165) is 6.54 Å². The molecule has 7 nitrogen and oxygen atoms in total. The summed E-state index contributed by atoms with van der Waals surface area (Å²) in [7, 11) is 0. The van der Waals surface area contributed by atoms with Crippen LogP contribution in [0.5, 0.6) is 0 Å². The molecule has 0 fully saturated rings. The first kappa shape index (κ1) is 15.4. The lowest BCUT2D eigenvalue weighted by molar-refractivity contribution is -0.121. The summed E-state index contributed by atoms with van der Waals surface area (Å²) in [4.78, 5) is 23.1. The molecule has 0 atom stereocenters. The van der Waals surface area contributed by atoms with Crippen LogP contribution in [0.1, 0.15) is 37.0 Å². The second-order valence-electron chi connectivity index (χ2n) is 4.17. The number of aromatic nitrogens is 2. The summed E-state index contributed by atoms with van der Waals surface area (Å²) in [5.41, 5.74) is 0. The molecule has 0 aliphatic rings. The van der Waals surface area contributed by atoms with Gasteiger partial charge < -0.3 is 16.0 Å². The minimum atomic E-state index is -0.306. The van der Waals surface area contributed by atoms with Gasteiger partial charge in [0.2, 0.25) is 16.0 Å². The average molecular weight is 285 g/mol. The summed E-state index contributed by atoms with van der Waals surface area (Å²) in [5, 5.41) is 16.9. The summed E-state index contributed by atoms with van der Waals surface area (Å²) >= 11 is 1.19. The number of nitrogens with one attached hydrogen (secondary N) is 3. The van der Waals surface area contributed by atoms with Gasteiger partial charge >= 0.3 is 0 Å². The fraction of sp³-hybridized carbons (Fsp3) is 0.636. The van der Waals surface area contributed by atoms with Crippen molar-refractivity contribution in [1.29, 1.82) is 0 Å². The molecule has 1 heterocycles. The third kappa shape index (κ3) is 5.64. The van der Waals surface area contributed by atoms with Crippen LogP contribution in [0.2, 0.25) is 0 Å². The van der Waals surface area contributed by atoms with Crippen LogP contribution in [-0.2, 0) is 4.79 Å². The maximum Gasteiger partial charge on any atom is 0.282 e. The fourth-order valence-electron chi connectivity index (χ4n) is 1.30. The smallest absolute Gasteiger partial charge is 0.282 e. The highest BCUT2D eigenvalue weighted by Crippen LogP contribution is 2.14. The van der Waals surface area contributed by atoms with Crippen LogP contribution >= 0.6 is 11.3 Å². The van der Waals surface area contributed by atoms with Gasteiger partial charge in [-0.1, -0.05) is 11.3 Å². The number of carbonyl (C=O) groups excluding carboxylic acids is 2. The van der Waals surface area contributed by atoms with E-state index in [-0.39, 0.29) is 30.8 Å². The van der Waals surface area contributed by atoms with Crippen molar-refractivity contribution in [3.05, 3.63) is 5.01 Å². The number of nitrogens with zero attached hydrogens (tertiary/aromatic N) is 2. The Morgan fingerprint density at radius 3 is 2.68 bits per heavy atom. The minimum Gasteiger partial charge on any atom is -0.360 e. The number of carbonyl (C=O) groups is 2. The monoisotopic (exact) mass is 285 g/mol. The Hall–Kier alpha value is -1.70. The minimum absolute atomic E-state index is 0.0825. The molecule has 0 aliphatic carbocycles. The summed E-state index contributed by atoms with van der Waals surface area (Å²) in [6.07, 6.45) is 0.253. The van der Waals surface area contributed by atoms with Crippen molar-refractivity contribution in [2.45, 2.75) is 33.2 Å². The van der Waals surface area contributed by atoms with Gasteiger partial charge in [-0.25, -0.2) is 0 Å². The lowest BCUT2D eigenvalue weighted by Gasteiger charge is -2.08. The van der Waals surface area contributed by atoms with Gasteiger partial charge in [0.15, 0.2) is 0 Å². The maximum absolute atomic E-state index is 11.7.